The van der Waals surface area contributed by atoms with Crippen LogP contribution < -0.4 is 10.1 Å². The average Bonchev–Trinajstić information content (AvgIpc) is 3.05. The lowest BCUT2D eigenvalue weighted by molar-refractivity contribution is 0.0931. The van der Waals surface area contributed by atoms with E-state index in [1.807, 2.05) is 32.0 Å². The molecule has 0 aliphatic heterocycles. The first-order valence-corrected chi connectivity index (χ1v) is 10.7. The number of carbonyl (C=O) groups excluding carboxylic acids is 1. The lowest BCUT2D eigenvalue weighted by atomic mass is 10.0. The van der Waals surface area contributed by atoms with E-state index in [9.17, 15) is 13.2 Å². The molecule has 7 nitrogen and oxygen atoms in total. The van der Waals surface area contributed by atoms with E-state index in [0.29, 0.717) is 18.8 Å². The topological polar surface area (TPSA) is 80.6 Å². The van der Waals surface area contributed by atoms with Crippen LogP contribution in [-0.2, 0) is 17.1 Å². The Kier molecular flexibility index (Phi) is 6.90. The van der Waals surface area contributed by atoms with E-state index in [1.165, 1.54) is 21.1 Å². The number of hydrogen-bond acceptors (Lipinski definition) is 4. The van der Waals surface area contributed by atoms with Crippen LogP contribution in [0.4, 0.5) is 0 Å². The lowest BCUT2D eigenvalue weighted by Crippen LogP contribution is -2.30. The first kappa shape index (κ1) is 22.0. The molecule has 1 heterocycles. The highest BCUT2D eigenvalue weighted by molar-refractivity contribution is 7.89. The summed E-state index contributed by atoms with van der Waals surface area (Å²) in [4.78, 5) is 12.9. The molecule has 0 bridgehead atoms. The highest BCUT2D eigenvalue weighted by Crippen LogP contribution is 2.26. The van der Waals surface area contributed by atoms with Gasteiger partial charge in [0.2, 0.25) is 10.0 Å². The Balaban J connectivity index is 2.29. The van der Waals surface area contributed by atoms with Crippen LogP contribution in [0, 0.1) is 6.92 Å². The number of amides is 1. The highest BCUT2D eigenvalue weighted by atomic mass is 32.2. The van der Waals surface area contributed by atoms with Crippen molar-refractivity contribution in [2.75, 3.05) is 20.2 Å². The molecular formula is C20H29N3O4S. The van der Waals surface area contributed by atoms with Gasteiger partial charge in [-0.2, -0.15) is 4.31 Å². The fourth-order valence-electron chi connectivity index (χ4n) is 3.15. The summed E-state index contributed by atoms with van der Waals surface area (Å²) in [5.41, 5.74) is 2.20. The van der Waals surface area contributed by atoms with Crippen molar-refractivity contribution in [3.8, 4) is 5.75 Å². The van der Waals surface area contributed by atoms with E-state index in [-0.39, 0.29) is 22.5 Å². The number of rotatable bonds is 8. The minimum absolute atomic E-state index is 0.115. The van der Waals surface area contributed by atoms with E-state index < -0.39 is 10.0 Å². The fourth-order valence-corrected chi connectivity index (χ4v) is 4.68. The van der Waals surface area contributed by atoms with Gasteiger partial charge in [0.15, 0.2) is 0 Å². The van der Waals surface area contributed by atoms with Crippen molar-refractivity contribution in [1.82, 2.24) is 14.2 Å². The van der Waals surface area contributed by atoms with Crippen molar-refractivity contribution >= 4 is 15.9 Å². The molecule has 2 rings (SSSR count). The number of methoxy groups -OCH3 is 1. The van der Waals surface area contributed by atoms with Crippen molar-refractivity contribution in [2.24, 2.45) is 7.05 Å². The second-order valence-electron chi connectivity index (χ2n) is 6.70. The van der Waals surface area contributed by atoms with Crippen LogP contribution in [0.1, 0.15) is 48.4 Å². The standard InChI is InChI=1S/C20H29N3O4S/c1-7-23(8-2)28(25,26)16-12-18(22(5)13-16)20(24)21-15(4)17-11-14(3)9-10-19(17)27-6/h9-13,15H,7-8H2,1-6H3,(H,21,24)/t15-/m1/s1. The summed E-state index contributed by atoms with van der Waals surface area (Å²) in [5, 5.41) is 2.93. The summed E-state index contributed by atoms with van der Waals surface area (Å²) in [5.74, 6) is 0.342. The smallest absolute Gasteiger partial charge is 0.268 e. The molecule has 8 heteroatoms. The predicted octanol–water partition coefficient (Wildman–Crippen LogP) is 2.86. The maximum atomic E-state index is 12.8. The third-order valence-corrected chi connectivity index (χ3v) is 6.77. The molecule has 0 radical (unpaired) electrons. The SMILES string of the molecule is CCN(CC)S(=O)(=O)c1cc(C(=O)N[C@H](C)c2cc(C)ccc2OC)n(C)c1. The zero-order valence-corrected chi connectivity index (χ0v) is 18.1. The van der Waals surface area contributed by atoms with Crippen molar-refractivity contribution < 1.29 is 17.9 Å². The van der Waals surface area contributed by atoms with Crippen molar-refractivity contribution in [2.45, 2.75) is 38.6 Å². The monoisotopic (exact) mass is 407 g/mol. The van der Waals surface area contributed by atoms with Crippen molar-refractivity contribution in [3.63, 3.8) is 0 Å². The van der Waals surface area contributed by atoms with E-state index in [2.05, 4.69) is 5.32 Å². The van der Waals surface area contributed by atoms with Gasteiger partial charge in [-0.3, -0.25) is 4.79 Å². The van der Waals surface area contributed by atoms with Gasteiger partial charge in [0.05, 0.1) is 13.2 Å². The molecule has 0 aliphatic rings. The van der Waals surface area contributed by atoms with Gasteiger partial charge in [-0.05, 0) is 26.0 Å². The minimum atomic E-state index is -3.62. The fraction of sp³-hybridized carbons (Fsp3) is 0.450. The molecule has 0 saturated carbocycles. The minimum Gasteiger partial charge on any atom is -0.496 e. The van der Waals surface area contributed by atoms with Crippen LogP contribution in [0.2, 0.25) is 0 Å². The molecular weight excluding hydrogens is 378 g/mol. The third-order valence-electron chi connectivity index (χ3n) is 4.75. The van der Waals surface area contributed by atoms with Crippen LogP contribution in [0.3, 0.4) is 0 Å². The van der Waals surface area contributed by atoms with Crippen LogP contribution in [0.25, 0.3) is 0 Å². The Morgan fingerprint density at radius 2 is 1.89 bits per heavy atom. The summed E-state index contributed by atoms with van der Waals surface area (Å²) >= 11 is 0. The molecule has 2 aromatic rings. The predicted molar refractivity (Wildman–Crippen MR) is 109 cm³/mol. The third kappa shape index (κ3) is 4.39. The quantitative estimate of drug-likeness (QED) is 0.730. The lowest BCUT2D eigenvalue weighted by Gasteiger charge is -2.18. The number of carbonyl (C=O) groups is 1. The first-order chi connectivity index (χ1) is 13.1. The van der Waals surface area contributed by atoms with Gasteiger partial charge in [0.1, 0.15) is 16.3 Å². The maximum absolute atomic E-state index is 12.8. The molecule has 1 aromatic heterocycles. The summed E-state index contributed by atoms with van der Waals surface area (Å²) < 4.78 is 33.7. The molecule has 1 aromatic carbocycles. The van der Waals surface area contributed by atoms with Gasteiger partial charge in [-0.15, -0.1) is 0 Å². The highest BCUT2D eigenvalue weighted by Gasteiger charge is 2.26. The maximum Gasteiger partial charge on any atom is 0.268 e. The normalized spacial score (nSPS) is 12.8. The number of ether oxygens (including phenoxy) is 1. The van der Waals surface area contributed by atoms with E-state index in [4.69, 9.17) is 4.74 Å². The first-order valence-electron chi connectivity index (χ1n) is 9.27. The van der Waals surface area contributed by atoms with Gasteiger partial charge in [0.25, 0.3) is 5.91 Å². The van der Waals surface area contributed by atoms with Gasteiger partial charge >= 0.3 is 0 Å². The molecule has 1 amide bonds. The number of benzene rings is 1. The summed E-state index contributed by atoms with van der Waals surface area (Å²) in [6.07, 6.45) is 1.47. The number of aromatic nitrogens is 1. The largest absolute Gasteiger partial charge is 0.496 e. The molecule has 0 saturated heterocycles. The zero-order valence-electron chi connectivity index (χ0n) is 17.3. The van der Waals surface area contributed by atoms with Gasteiger partial charge in [-0.25, -0.2) is 8.42 Å². The number of nitrogens with zero attached hydrogens (tertiary/aromatic N) is 2. The summed E-state index contributed by atoms with van der Waals surface area (Å²) in [6, 6.07) is 6.89. The van der Waals surface area contributed by atoms with E-state index >= 15 is 0 Å². The summed E-state index contributed by atoms with van der Waals surface area (Å²) in [6.45, 7) is 8.16. The average molecular weight is 408 g/mol. The number of aryl methyl sites for hydroxylation is 2. The number of hydrogen-bond donors (Lipinski definition) is 1. The van der Waals surface area contributed by atoms with Crippen molar-refractivity contribution in [3.05, 3.63) is 47.3 Å². The molecule has 28 heavy (non-hydrogen) atoms. The molecule has 0 aliphatic carbocycles. The van der Waals surface area contributed by atoms with Crippen molar-refractivity contribution in [1.29, 1.82) is 0 Å². The van der Waals surface area contributed by atoms with Gasteiger partial charge < -0.3 is 14.6 Å². The van der Waals surface area contributed by atoms with Gasteiger partial charge in [0, 0.05) is 31.9 Å². The number of sulfonamides is 1. The Morgan fingerprint density at radius 3 is 2.46 bits per heavy atom. The van der Waals surface area contributed by atoms with Crippen LogP contribution in [-0.4, -0.2) is 43.4 Å². The molecule has 0 unspecified atom stereocenters. The van der Waals surface area contributed by atoms with Crippen LogP contribution in [0.5, 0.6) is 5.75 Å². The Morgan fingerprint density at radius 1 is 1.25 bits per heavy atom. The molecule has 0 fully saturated rings. The second-order valence-corrected chi connectivity index (χ2v) is 8.64. The Labute approximate surface area is 167 Å². The number of nitrogens with one attached hydrogen (secondary N) is 1. The van der Waals surface area contributed by atoms with Gasteiger partial charge in [-0.1, -0.05) is 31.5 Å². The van der Waals surface area contributed by atoms with Crippen LogP contribution in [0.15, 0.2) is 35.4 Å². The molecule has 1 N–H and O–H groups in total. The van der Waals surface area contributed by atoms with E-state index in [0.717, 1.165) is 11.1 Å². The summed E-state index contributed by atoms with van der Waals surface area (Å²) in [7, 11) is -0.372. The molecule has 1 atom stereocenters. The Bertz CT molecular complexity index is 946. The molecule has 154 valence electrons. The molecule has 0 spiro atoms. The zero-order chi connectivity index (χ0) is 21.1. The second kappa shape index (κ2) is 8.79. The van der Waals surface area contributed by atoms with Crippen LogP contribution >= 0.6 is 0 Å². The Hall–Kier alpha value is -2.32. The van der Waals surface area contributed by atoms with E-state index in [1.54, 1.807) is 28.0 Å².